The highest BCUT2D eigenvalue weighted by atomic mass is 35.5. The molecule has 158 valence electrons. The molecule has 0 saturated carbocycles. The molecule has 0 fully saturated rings. The highest BCUT2D eigenvalue weighted by Crippen LogP contribution is 2.31. The first-order valence-electron chi connectivity index (χ1n) is 9.36. The van der Waals surface area contributed by atoms with Gasteiger partial charge in [0.2, 0.25) is 5.91 Å². The number of nitrogens with one attached hydrogen (secondary N) is 1. The zero-order valence-corrected chi connectivity index (χ0v) is 19.0. The van der Waals surface area contributed by atoms with Crippen molar-refractivity contribution in [2.75, 3.05) is 26.0 Å². The molecule has 0 radical (unpaired) electrons. The number of aryl methyl sites for hydroxylation is 1. The second-order valence-corrected chi connectivity index (χ2v) is 8.35. The third-order valence-electron chi connectivity index (χ3n) is 4.28. The zero-order valence-electron chi connectivity index (χ0n) is 16.7. The van der Waals surface area contributed by atoms with Crippen molar-refractivity contribution in [2.45, 2.75) is 18.5 Å². The molecule has 0 unspecified atom stereocenters. The van der Waals surface area contributed by atoms with Crippen molar-refractivity contribution in [3.63, 3.8) is 0 Å². The number of rotatable bonds is 9. The molecular weight excluding hydrogens is 443 g/mol. The molecule has 6 nitrogen and oxygen atoms in total. The van der Waals surface area contributed by atoms with Gasteiger partial charge in [-0.1, -0.05) is 64.8 Å². The van der Waals surface area contributed by atoms with Crippen LogP contribution in [0.3, 0.4) is 0 Å². The Bertz CT molecular complexity index is 1010. The number of aromatic nitrogens is 3. The molecule has 1 heterocycles. The Morgan fingerprint density at radius 3 is 2.60 bits per heavy atom. The molecule has 1 amide bonds. The lowest BCUT2D eigenvalue weighted by Gasteiger charge is -2.11. The fourth-order valence-electron chi connectivity index (χ4n) is 2.74. The van der Waals surface area contributed by atoms with Crippen molar-refractivity contribution >= 4 is 40.9 Å². The van der Waals surface area contributed by atoms with Crippen LogP contribution in [-0.2, 0) is 9.53 Å². The summed E-state index contributed by atoms with van der Waals surface area (Å²) in [5.41, 5.74) is 2.84. The average molecular weight is 465 g/mol. The Balaban J connectivity index is 1.86. The quantitative estimate of drug-likeness (QED) is 0.363. The normalized spacial score (nSPS) is 10.9. The number of ether oxygens (including phenoxy) is 1. The second-order valence-electron chi connectivity index (χ2n) is 6.59. The van der Waals surface area contributed by atoms with Gasteiger partial charge in [0.15, 0.2) is 11.0 Å². The Morgan fingerprint density at radius 1 is 1.13 bits per heavy atom. The van der Waals surface area contributed by atoms with E-state index in [-0.39, 0.29) is 11.7 Å². The van der Waals surface area contributed by atoms with Crippen LogP contribution in [0.15, 0.2) is 47.6 Å². The largest absolute Gasteiger partial charge is 0.385 e. The van der Waals surface area contributed by atoms with Gasteiger partial charge in [-0.05, 0) is 31.5 Å². The Kier molecular flexibility index (Phi) is 8.16. The predicted molar refractivity (Wildman–Crippen MR) is 122 cm³/mol. The van der Waals surface area contributed by atoms with Gasteiger partial charge in [-0.25, -0.2) is 0 Å². The van der Waals surface area contributed by atoms with E-state index in [4.69, 9.17) is 27.9 Å². The summed E-state index contributed by atoms with van der Waals surface area (Å²) in [5.74, 6) is 0.813. The number of amides is 1. The standard InChI is InChI=1S/C21H22Cl2N4O2S/c1-14-4-6-15(7-5-14)20-25-26-21(30-13-19(28)24-10-3-11-29-2)27(20)16-8-9-17(22)18(23)12-16/h4-9,12H,3,10-11,13H2,1-2H3,(H,24,28). The molecule has 1 N–H and O–H groups in total. The third kappa shape index (κ3) is 5.76. The maximum absolute atomic E-state index is 12.2. The summed E-state index contributed by atoms with van der Waals surface area (Å²) in [6.45, 7) is 3.21. The van der Waals surface area contributed by atoms with Gasteiger partial charge in [0.1, 0.15) is 0 Å². The van der Waals surface area contributed by atoms with E-state index in [0.29, 0.717) is 34.2 Å². The Morgan fingerprint density at radius 2 is 1.90 bits per heavy atom. The number of methoxy groups -OCH3 is 1. The zero-order chi connectivity index (χ0) is 21.5. The van der Waals surface area contributed by atoms with Gasteiger partial charge < -0.3 is 10.1 Å². The van der Waals surface area contributed by atoms with Crippen LogP contribution in [0.5, 0.6) is 0 Å². The molecule has 0 aliphatic carbocycles. The van der Waals surface area contributed by atoms with Gasteiger partial charge in [0.25, 0.3) is 0 Å². The summed E-state index contributed by atoms with van der Waals surface area (Å²) in [7, 11) is 1.64. The van der Waals surface area contributed by atoms with Crippen LogP contribution in [0.25, 0.3) is 17.1 Å². The number of benzene rings is 2. The van der Waals surface area contributed by atoms with Gasteiger partial charge in [0, 0.05) is 25.8 Å². The summed E-state index contributed by atoms with van der Waals surface area (Å²) in [6.07, 6.45) is 0.768. The smallest absolute Gasteiger partial charge is 0.230 e. The van der Waals surface area contributed by atoms with Gasteiger partial charge in [-0.2, -0.15) is 0 Å². The van der Waals surface area contributed by atoms with Crippen molar-refractivity contribution in [3.05, 3.63) is 58.1 Å². The van der Waals surface area contributed by atoms with E-state index in [1.807, 2.05) is 41.8 Å². The molecule has 0 atom stereocenters. The number of hydrogen-bond acceptors (Lipinski definition) is 5. The lowest BCUT2D eigenvalue weighted by atomic mass is 10.1. The highest BCUT2D eigenvalue weighted by molar-refractivity contribution is 7.99. The number of thioether (sulfide) groups is 1. The maximum atomic E-state index is 12.2. The lowest BCUT2D eigenvalue weighted by Crippen LogP contribution is -2.26. The van der Waals surface area contributed by atoms with Crippen molar-refractivity contribution in [1.82, 2.24) is 20.1 Å². The van der Waals surface area contributed by atoms with E-state index in [2.05, 4.69) is 15.5 Å². The number of halogens is 2. The Labute approximate surface area is 189 Å². The topological polar surface area (TPSA) is 69.0 Å². The summed E-state index contributed by atoms with van der Waals surface area (Å²) >= 11 is 13.6. The summed E-state index contributed by atoms with van der Waals surface area (Å²) in [5, 5.41) is 13.1. The van der Waals surface area contributed by atoms with Crippen molar-refractivity contribution in [1.29, 1.82) is 0 Å². The van der Waals surface area contributed by atoms with Gasteiger partial charge in [-0.15, -0.1) is 10.2 Å². The SMILES string of the molecule is COCCCNC(=O)CSc1nnc(-c2ccc(C)cc2)n1-c1ccc(Cl)c(Cl)c1. The summed E-state index contributed by atoms with van der Waals surface area (Å²) in [4.78, 5) is 12.2. The first kappa shape index (κ1) is 22.6. The van der Waals surface area contributed by atoms with Crippen LogP contribution in [-0.4, -0.2) is 46.7 Å². The average Bonchev–Trinajstić information content (AvgIpc) is 3.16. The second kappa shape index (κ2) is 10.8. The first-order valence-corrected chi connectivity index (χ1v) is 11.1. The molecule has 0 bridgehead atoms. The van der Waals surface area contributed by atoms with Gasteiger partial charge in [0.05, 0.1) is 21.5 Å². The van der Waals surface area contributed by atoms with Gasteiger partial charge >= 0.3 is 0 Å². The lowest BCUT2D eigenvalue weighted by molar-refractivity contribution is -0.118. The molecule has 3 aromatic rings. The fourth-order valence-corrected chi connectivity index (χ4v) is 3.81. The summed E-state index contributed by atoms with van der Waals surface area (Å²) < 4.78 is 6.87. The molecule has 0 saturated heterocycles. The monoisotopic (exact) mass is 464 g/mol. The number of hydrogen-bond donors (Lipinski definition) is 1. The van der Waals surface area contributed by atoms with E-state index in [9.17, 15) is 4.79 Å². The number of carbonyl (C=O) groups is 1. The maximum Gasteiger partial charge on any atom is 0.230 e. The van der Waals surface area contributed by atoms with E-state index >= 15 is 0 Å². The van der Waals surface area contributed by atoms with Crippen molar-refractivity contribution < 1.29 is 9.53 Å². The first-order chi connectivity index (χ1) is 14.5. The van der Waals surface area contributed by atoms with Crippen LogP contribution in [0.2, 0.25) is 10.0 Å². The van der Waals surface area contributed by atoms with Crippen LogP contribution in [0, 0.1) is 6.92 Å². The molecule has 1 aromatic heterocycles. The molecule has 9 heteroatoms. The van der Waals surface area contributed by atoms with E-state index < -0.39 is 0 Å². The van der Waals surface area contributed by atoms with Crippen LogP contribution in [0.1, 0.15) is 12.0 Å². The third-order valence-corrected chi connectivity index (χ3v) is 5.95. The van der Waals surface area contributed by atoms with E-state index in [1.54, 1.807) is 19.2 Å². The molecule has 2 aromatic carbocycles. The fraction of sp³-hybridized carbons (Fsp3) is 0.286. The number of carbonyl (C=O) groups excluding carboxylic acids is 1. The summed E-state index contributed by atoms with van der Waals surface area (Å²) in [6, 6.07) is 13.4. The molecule has 0 aliphatic heterocycles. The van der Waals surface area contributed by atoms with Crippen LogP contribution >= 0.6 is 35.0 Å². The molecule has 0 spiro atoms. The van der Waals surface area contributed by atoms with Crippen LogP contribution in [0.4, 0.5) is 0 Å². The number of nitrogens with zero attached hydrogens (tertiary/aromatic N) is 3. The predicted octanol–water partition coefficient (Wildman–Crippen LogP) is 4.79. The van der Waals surface area contributed by atoms with Crippen LogP contribution < -0.4 is 5.32 Å². The van der Waals surface area contributed by atoms with E-state index in [0.717, 1.165) is 23.2 Å². The minimum Gasteiger partial charge on any atom is -0.385 e. The highest BCUT2D eigenvalue weighted by Gasteiger charge is 2.18. The van der Waals surface area contributed by atoms with Crippen molar-refractivity contribution in [2.24, 2.45) is 0 Å². The molecule has 30 heavy (non-hydrogen) atoms. The van der Waals surface area contributed by atoms with E-state index in [1.165, 1.54) is 11.8 Å². The Hall–Kier alpha value is -2.06. The van der Waals surface area contributed by atoms with Gasteiger partial charge in [-0.3, -0.25) is 9.36 Å². The minimum absolute atomic E-state index is 0.0725. The molecule has 3 rings (SSSR count). The molecular formula is C21H22Cl2N4O2S. The molecule has 0 aliphatic rings. The van der Waals surface area contributed by atoms with Crippen molar-refractivity contribution in [3.8, 4) is 17.1 Å². The minimum atomic E-state index is -0.0725.